The zero-order valence-electron chi connectivity index (χ0n) is 11.7. The van der Waals surface area contributed by atoms with E-state index in [-0.39, 0.29) is 5.54 Å². The van der Waals surface area contributed by atoms with Crippen molar-refractivity contribution in [1.29, 1.82) is 0 Å². The van der Waals surface area contributed by atoms with Gasteiger partial charge < -0.3 is 15.5 Å². The Labute approximate surface area is 110 Å². The molecule has 3 aliphatic rings. The smallest absolute Gasteiger partial charge is 0.192 e. The van der Waals surface area contributed by atoms with Gasteiger partial charge in [0.05, 0.1) is 12.1 Å². The van der Waals surface area contributed by atoms with Gasteiger partial charge in [0.2, 0.25) is 0 Å². The van der Waals surface area contributed by atoms with E-state index < -0.39 is 0 Å². The van der Waals surface area contributed by atoms with Crippen LogP contribution in [0.25, 0.3) is 0 Å². The van der Waals surface area contributed by atoms with E-state index in [1.807, 2.05) is 0 Å². The van der Waals surface area contributed by atoms with Crippen molar-refractivity contribution in [3.8, 4) is 0 Å². The molecule has 0 aromatic carbocycles. The van der Waals surface area contributed by atoms with Crippen LogP contribution in [0.2, 0.25) is 0 Å². The first-order chi connectivity index (χ1) is 8.62. The summed E-state index contributed by atoms with van der Waals surface area (Å²) in [7, 11) is 2.23. The van der Waals surface area contributed by atoms with E-state index in [0.717, 1.165) is 12.5 Å². The Kier molecular flexibility index (Phi) is 3.00. The molecule has 1 saturated carbocycles. The van der Waals surface area contributed by atoms with Crippen molar-refractivity contribution in [2.45, 2.75) is 63.1 Å². The van der Waals surface area contributed by atoms with Crippen LogP contribution in [-0.2, 0) is 0 Å². The summed E-state index contributed by atoms with van der Waals surface area (Å²) in [6.45, 7) is 4.43. The van der Waals surface area contributed by atoms with Crippen LogP contribution in [0.4, 0.5) is 0 Å². The van der Waals surface area contributed by atoms with Gasteiger partial charge in [0.15, 0.2) is 5.96 Å². The summed E-state index contributed by atoms with van der Waals surface area (Å²) in [5.74, 6) is 0.818. The van der Waals surface area contributed by atoms with E-state index in [9.17, 15) is 0 Å². The highest BCUT2D eigenvalue weighted by Gasteiger charge is 2.48. The molecule has 1 spiro atoms. The first-order valence-electron chi connectivity index (χ1n) is 7.42. The van der Waals surface area contributed by atoms with E-state index in [2.05, 4.69) is 28.8 Å². The van der Waals surface area contributed by atoms with Crippen LogP contribution < -0.4 is 5.73 Å². The summed E-state index contributed by atoms with van der Waals surface area (Å²) in [5, 5.41) is 0. The minimum absolute atomic E-state index is 0.241. The summed E-state index contributed by atoms with van der Waals surface area (Å²) in [4.78, 5) is 9.58. The van der Waals surface area contributed by atoms with Gasteiger partial charge in [0, 0.05) is 18.6 Å². The third-order valence-electron chi connectivity index (χ3n) is 5.34. The lowest BCUT2D eigenvalue weighted by molar-refractivity contribution is 0.0433. The van der Waals surface area contributed by atoms with Gasteiger partial charge in [-0.25, -0.2) is 0 Å². The maximum Gasteiger partial charge on any atom is 0.192 e. The summed E-state index contributed by atoms with van der Waals surface area (Å²) < 4.78 is 0. The fraction of sp³-hybridized carbons (Fsp3) is 0.929. The average Bonchev–Trinajstić information content (AvgIpc) is 2.94. The van der Waals surface area contributed by atoms with Gasteiger partial charge >= 0.3 is 0 Å². The van der Waals surface area contributed by atoms with Gasteiger partial charge in [-0.15, -0.1) is 0 Å². The Bertz CT molecular complexity index is 348. The number of piperidine rings is 1. The summed E-state index contributed by atoms with van der Waals surface area (Å²) >= 11 is 0. The highest BCUT2D eigenvalue weighted by molar-refractivity contribution is 5.81. The monoisotopic (exact) mass is 250 g/mol. The Morgan fingerprint density at radius 1 is 1.33 bits per heavy atom. The first kappa shape index (κ1) is 12.3. The molecule has 0 amide bonds. The van der Waals surface area contributed by atoms with Gasteiger partial charge in [0.1, 0.15) is 0 Å². The highest BCUT2D eigenvalue weighted by Crippen LogP contribution is 2.40. The van der Waals surface area contributed by atoms with E-state index in [1.165, 1.54) is 45.1 Å². The second kappa shape index (κ2) is 4.41. The largest absolute Gasteiger partial charge is 0.370 e. The van der Waals surface area contributed by atoms with Gasteiger partial charge in [-0.2, -0.15) is 0 Å². The van der Waals surface area contributed by atoms with Crippen LogP contribution in [0.1, 0.15) is 45.4 Å². The molecule has 2 atom stereocenters. The van der Waals surface area contributed by atoms with Crippen LogP contribution in [0, 0.1) is 0 Å². The standard InChI is InChI=1S/C14H26N4/c1-11-9-14(7-8-17(11)2)10-16-13(15)18(14)12-5-3-4-6-12/h11-12H,3-10H2,1-2H3,(H2,15,16). The third-order valence-corrected chi connectivity index (χ3v) is 5.34. The maximum atomic E-state index is 6.21. The number of hydrogen-bond acceptors (Lipinski definition) is 4. The molecule has 0 aromatic rings. The van der Waals surface area contributed by atoms with Crippen LogP contribution in [0.5, 0.6) is 0 Å². The first-order valence-corrected chi connectivity index (χ1v) is 7.42. The summed E-state index contributed by atoms with van der Waals surface area (Å²) in [5.41, 5.74) is 6.45. The number of nitrogens with zero attached hydrogens (tertiary/aromatic N) is 3. The number of guanidine groups is 1. The molecule has 0 aromatic heterocycles. The molecular formula is C14H26N4. The van der Waals surface area contributed by atoms with E-state index in [1.54, 1.807) is 0 Å². The topological polar surface area (TPSA) is 44.9 Å². The molecule has 2 unspecified atom stereocenters. The number of rotatable bonds is 1. The van der Waals surface area contributed by atoms with Crippen molar-refractivity contribution in [2.24, 2.45) is 10.7 Å². The molecule has 2 N–H and O–H groups in total. The van der Waals surface area contributed by atoms with Gasteiger partial charge in [-0.05, 0) is 39.7 Å². The van der Waals surface area contributed by atoms with Crippen molar-refractivity contribution in [1.82, 2.24) is 9.80 Å². The second-order valence-electron chi connectivity index (χ2n) is 6.49. The minimum Gasteiger partial charge on any atom is -0.370 e. The number of nitrogens with two attached hydrogens (primary N) is 1. The van der Waals surface area contributed by atoms with Crippen LogP contribution in [0.15, 0.2) is 4.99 Å². The SMILES string of the molecule is CC1CC2(CCN1C)CN=C(N)N2C1CCCC1. The molecule has 2 heterocycles. The Hall–Kier alpha value is -0.770. The average molecular weight is 250 g/mol. The second-order valence-corrected chi connectivity index (χ2v) is 6.49. The molecule has 102 valence electrons. The number of hydrogen-bond donors (Lipinski definition) is 1. The molecule has 2 fully saturated rings. The van der Waals surface area contributed by atoms with E-state index in [0.29, 0.717) is 12.1 Å². The normalized spacial score (nSPS) is 38.7. The lowest BCUT2D eigenvalue weighted by Gasteiger charge is -2.49. The fourth-order valence-electron chi connectivity index (χ4n) is 4.14. The Balaban J connectivity index is 1.82. The Morgan fingerprint density at radius 3 is 2.72 bits per heavy atom. The molecular weight excluding hydrogens is 224 g/mol. The molecule has 2 aliphatic heterocycles. The van der Waals surface area contributed by atoms with Crippen molar-refractivity contribution in [3.05, 3.63) is 0 Å². The van der Waals surface area contributed by atoms with Crippen LogP contribution >= 0.6 is 0 Å². The molecule has 4 heteroatoms. The highest BCUT2D eigenvalue weighted by atomic mass is 15.4. The fourth-order valence-corrected chi connectivity index (χ4v) is 4.14. The molecule has 3 rings (SSSR count). The van der Waals surface area contributed by atoms with Gasteiger partial charge in [-0.3, -0.25) is 4.99 Å². The molecule has 1 saturated heterocycles. The molecule has 18 heavy (non-hydrogen) atoms. The Morgan fingerprint density at radius 2 is 2.06 bits per heavy atom. The van der Waals surface area contributed by atoms with Crippen LogP contribution in [-0.4, -0.2) is 53.5 Å². The van der Waals surface area contributed by atoms with Crippen molar-refractivity contribution < 1.29 is 0 Å². The molecule has 0 bridgehead atoms. The summed E-state index contributed by atoms with van der Waals surface area (Å²) in [6.07, 6.45) is 7.77. The van der Waals surface area contributed by atoms with Crippen molar-refractivity contribution in [3.63, 3.8) is 0 Å². The van der Waals surface area contributed by atoms with E-state index in [4.69, 9.17) is 5.73 Å². The predicted octanol–water partition coefficient (Wildman–Crippen LogP) is 1.41. The van der Waals surface area contributed by atoms with Crippen molar-refractivity contribution in [2.75, 3.05) is 20.1 Å². The maximum absolute atomic E-state index is 6.21. The third kappa shape index (κ3) is 1.81. The lowest BCUT2D eigenvalue weighted by atomic mass is 9.82. The van der Waals surface area contributed by atoms with Crippen LogP contribution in [0.3, 0.4) is 0 Å². The quantitative estimate of drug-likeness (QED) is 0.765. The molecule has 1 aliphatic carbocycles. The van der Waals surface area contributed by atoms with Crippen molar-refractivity contribution >= 4 is 5.96 Å². The summed E-state index contributed by atoms with van der Waals surface area (Å²) in [6, 6.07) is 1.30. The number of aliphatic imine (C=N–C) groups is 1. The lowest BCUT2D eigenvalue weighted by Crippen LogP contribution is -2.61. The van der Waals surface area contributed by atoms with Gasteiger partial charge in [0.25, 0.3) is 0 Å². The van der Waals surface area contributed by atoms with Gasteiger partial charge in [-0.1, -0.05) is 12.8 Å². The predicted molar refractivity (Wildman–Crippen MR) is 74.6 cm³/mol. The zero-order valence-corrected chi connectivity index (χ0v) is 11.7. The molecule has 4 nitrogen and oxygen atoms in total. The van der Waals surface area contributed by atoms with E-state index >= 15 is 0 Å². The minimum atomic E-state index is 0.241. The zero-order chi connectivity index (χ0) is 12.8. The molecule has 0 radical (unpaired) electrons. The number of likely N-dealkylation sites (tertiary alicyclic amines) is 1.